The molecule has 2 saturated heterocycles. The van der Waals surface area contributed by atoms with Crippen LogP contribution >= 0.6 is 0 Å². The maximum absolute atomic E-state index is 5.06. The number of nitrogens with zero attached hydrogens (tertiary/aromatic N) is 1. The lowest BCUT2D eigenvalue weighted by Gasteiger charge is -2.15. The topological polar surface area (TPSA) is 24.5 Å². The highest BCUT2D eigenvalue weighted by atomic mass is 16.5. The van der Waals surface area contributed by atoms with E-state index in [4.69, 9.17) is 4.74 Å². The van der Waals surface area contributed by atoms with E-state index in [0.29, 0.717) is 0 Å². The van der Waals surface area contributed by atoms with Crippen LogP contribution in [0.3, 0.4) is 0 Å². The van der Waals surface area contributed by atoms with Crippen molar-refractivity contribution in [2.24, 2.45) is 5.92 Å². The van der Waals surface area contributed by atoms with Crippen molar-refractivity contribution in [2.75, 3.05) is 39.9 Å². The monoisotopic (exact) mass is 170 g/mol. The van der Waals surface area contributed by atoms with E-state index >= 15 is 0 Å². The summed E-state index contributed by atoms with van der Waals surface area (Å²) in [6.07, 6.45) is 1.37. The third kappa shape index (κ3) is 1.63. The number of ether oxygens (including phenoxy) is 1. The fourth-order valence-electron chi connectivity index (χ4n) is 2.34. The molecule has 0 saturated carbocycles. The maximum atomic E-state index is 5.06. The summed E-state index contributed by atoms with van der Waals surface area (Å²) in [5.74, 6) is 0.918. The number of methoxy groups -OCH3 is 1. The summed E-state index contributed by atoms with van der Waals surface area (Å²) in [7, 11) is 1.77. The van der Waals surface area contributed by atoms with Crippen LogP contribution < -0.4 is 5.32 Å². The summed E-state index contributed by atoms with van der Waals surface area (Å²) in [5, 5.41) is 3.54. The summed E-state index contributed by atoms with van der Waals surface area (Å²) in [4.78, 5) is 2.50. The van der Waals surface area contributed by atoms with Gasteiger partial charge in [-0.15, -0.1) is 0 Å². The molecule has 1 N–H and O–H groups in total. The second kappa shape index (κ2) is 3.73. The smallest absolute Gasteiger partial charge is 0.0589 e. The van der Waals surface area contributed by atoms with E-state index < -0.39 is 0 Å². The zero-order chi connectivity index (χ0) is 8.39. The molecule has 3 heteroatoms. The summed E-state index contributed by atoms with van der Waals surface area (Å²) < 4.78 is 5.06. The minimum absolute atomic E-state index is 0.779. The Bertz CT molecular complexity index is 139. The Morgan fingerprint density at radius 3 is 3.17 bits per heavy atom. The van der Waals surface area contributed by atoms with Gasteiger partial charge in [-0.3, -0.25) is 4.90 Å². The summed E-state index contributed by atoms with van der Waals surface area (Å²) in [5.41, 5.74) is 0. The van der Waals surface area contributed by atoms with Crippen molar-refractivity contribution in [3.63, 3.8) is 0 Å². The molecule has 70 valence electrons. The van der Waals surface area contributed by atoms with E-state index in [-0.39, 0.29) is 0 Å². The average Bonchev–Trinajstić information content (AvgIpc) is 2.58. The van der Waals surface area contributed by atoms with Crippen LogP contribution in [0.15, 0.2) is 0 Å². The highest BCUT2D eigenvalue weighted by molar-refractivity contribution is 4.93. The third-order valence-electron chi connectivity index (χ3n) is 3.05. The van der Waals surface area contributed by atoms with Gasteiger partial charge in [0.1, 0.15) is 0 Å². The maximum Gasteiger partial charge on any atom is 0.0589 e. The molecule has 2 rings (SSSR count). The first kappa shape index (κ1) is 8.48. The number of hydrogen-bond acceptors (Lipinski definition) is 3. The Balaban J connectivity index is 1.75. The molecule has 3 nitrogen and oxygen atoms in total. The third-order valence-corrected chi connectivity index (χ3v) is 3.05. The Morgan fingerprint density at radius 1 is 1.50 bits per heavy atom. The SMILES string of the molecule is COCCN1CC2NCC[C@H]2C1. The largest absolute Gasteiger partial charge is 0.383 e. The minimum atomic E-state index is 0.779. The molecular formula is C9H18N2O. The first-order chi connectivity index (χ1) is 5.90. The first-order valence-corrected chi connectivity index (χ1v) is 4.85. The van der Waals surface area contributed by atoms with Gasteiger partial charge in [0.25, 0.3) is 0 Å². The van der Waals surface area contributed by atoms with E-state index in [0.717, 1.165) is 25.1 Å². The van der Waals surface area contributed by atoms with Gasteiger partial charge in [0.05, 0.1) is 6.61 Å². The molecule has 0 aliphatic carbocycles. The zero-order valence-corrected chi connectivity index (χ0v) is 7.75. The quantitative estimate of drug-likeness (QED) is 0.641. The van der Waals surface area contributed by atoms with Crippen LogP contribution in [-0.2, 0) is 4.74 Å². The highest BCUT2D eigenvalue weighted by Crippen LogP contribution is 2.23. The summed E-state index contributed by atoms with van der Waals surface area (Å²) in [6.45, 7) is 5.72. The number of nitrogens with one attached hydrogen (secondary N) is 1. The summed E-state index contributed by atoms with van der Waals surface area (Å²) in [6, 6.07) is 0.779. The number of rotatable bonds is 3. The number of likely N-dealkylation sites (tertiary alicyclic amines) is 1. The van der Waals surface area contributed by atoms with Crippen molar-refractivity contribution >= 4 is 0 Å². The molecule has 2 aliphatic heterocycles. The fourth-order valence-corrected chi connectivity index (χ4v) is 2.34. The minimum Gasteiger partial charge on any atom is -0.383 e. The van der Waals surface area contributed by atoms with Crippen molar-refractivity contribution in [3.8, 4) is 0 Å². The van der Waals surface area contributed by atoms with Crippen LogP contribution in [-0.4, -0.2) is 50.8 Å². The number of fused-ring (bicyclic) bond motifs is 1. The Labute approximate surface area is 74.1 Å². The van der Waals surface area contributed by atoms with Crippen LogP contribution in [0.5, 0.6) is 0 Å². The molecule has 0 aromatic carbocycles. The molecule has 1 unspecified atom stereocenters. The number of hydrogen-bond donors (Lipinski definition) is 1. The van der Waals surface area contributed by atoms with Crippen LogP contribution in [0.4, 0.5) is 0 Å². The predicted octanol–water partition coefficient (Wildman–Crippen LogP) is -0.0735. The summed E-state index contributed by atoms with van der Waals surface area (Å²) >= 11 is 0. The lowest BCUT2D eigenvalue weighted by Crippen LogP contribution is -2.31. The Morgan fingerprint density at radius 2 is 2.42 bits per heavy atom. The van der Waals surface area contributed by atoms with Crippen molar-refractivity contribution in [2.45, 2.75) is 12.5 Å². The Hall–Kier alpha value is -0.120. The van der Waals surface area contributed by atoms with Crippen LogP contribution in [0.2, 0.25) is 0 Å². The highest BCUT2D eigenvalue weighted by Gasteiger charge is 2.35. The molecule has 0 radical (unpaired) electrons. The van der Waals surface area contributed by atoms with Gasteiger partial charge in [0, 0.05) is 32.8 Å². The zero-order valence-electron chi connectivity index (χ0n) is 7.75. The van der Waals surface area contributed by atoms with Gasteiger partial charge < -0.3 is 10.1 Å². The van der Waals surface area contributed by atoms with E-state index in [9.17, 15) is 0 Å². The molecule has 2 atom stereocenters. The molecule has 2 aliphatic rings. The first-order valence-electron chi connectivity index (χ1n) is 4.85. The molecular weight excluding hydrogens is 152 g/mol. The average molecular weight is 170 g/mol. The van der Waals surface area contributed by atoms with Gasteiger partial charge in [-0.1, -0.05) is 0 Å². The molecule has 12 heavy (non-hydrogen) atoms. The van der Waals surface area contributed by atoms with Crippen LogP contribution in [0.1, 0.15) is 6.42 Å². The molecule has 2 fully saturated rings. The Kier molecular flexibility index (Phi) is 2.63. The fraction of sp³-hybridized carbons (Fsp3) is 1.00. The normalized spacial score (nSPS) is 35.8. The second-order valence-corrected chi connectivity index (χ2v) is 3.86. The molecule has 0 aromatic heterocycles. The van der Waals surface area contributed by atoms with Gasteiger partial charge >= 0.3 is 0 Å². The van der Waals surface area contributed by atoms with E-state index in [1.54, 1.807) is 7.11 Å². The molecule has 2 heterocycles. The van der Waals surface area contributed by atoms with Crippen molar-refractivity contribution in [1.82, 2.24) is 10.2 Å². The van der Waals surface area contributed by atoms with Crippen LogP contribution in [0.25, 0.3) is 0 Å². The van der Waals surface area contributed by atoms with Gasteiger partial charge in [0.15, 0.2) is 0 Å². The van der Waals surface area contributed by atoms with Crippen molar-refractivity contribution < 1.29 is 4.74 Å². The molecule has 0 bridgehead atoms. The van der Waals surface area contributed by atoms with E-state index in [1.807, 2.05) is 0 Å². The van der Waals surface area contributed by atoms with Gasteiger partial charge in [-0.2, -0.15) is 0 Å². The van der Waals surface area contributed by atoms with E-state index in [1.165, 1.54) is 26.1 Å². The van der Waals surface area contributed by atoms with E-state index in [2.05, 4.69) is 10.2 Å². The molecule has 0 amide bonds. The van der Waals surface area contributed by atoms with Gasteiger partial charge in [-0.05, 0) is 18.9 Å². The second-order valence-electron chi connectivity index (χ2n) is 3.86. The van der Waals surface area contributed by atoms with Crippen molar-refractivity contribution in [1.29, 1.82) is 0 Å². The van der Waals surface area contributed by atoms with Crippen LogP contribution in [0, 0.1) is 5.92 Å². The van der Waals surface area contributed by atoms with Crippen molar-refractivity contribution in [3.05, 3.63) is 0 Å². The lowest BCUT2D eigenvalue weighted by molar-refractivity contribution is 0.157. The molecule has 0 spiro atoms. The molecule has 0 aromatic rings. The lowest BCUT2D eigenvalue weighted by atomic mass is 10.1. The standard InChI is InChI=1S/C9H18N2O/c1-12-5-4-11-6-8-2-3-10-9(8)7-11/h8-10H,2-7H2,1H3/t8-,9?/m0/s1. The predicted molar refractivity (Wildman–Crippen MR) is 48.2 cm³/mol. The van der Waals surface area contributed by atoms with Gasteiger partial charge in [0.2, 0.25) is 0 Å². The van der Waals surface area contributed by atoms with Gasteiger partial charge in [-0.25, -0.2) is 0 Å².